The lowest BCUT2D eigenvalue weighted by atomic mass is 10.4. The Morgan fingerprint density at radius 1 is 1.33 bits per heavy atom. The molecule has 0 radical (unpaired) electrons. The molecule has 0 bridgehead atoms. The van der Waals surface area contributed by atoms with E-state index in [1.54, 1.807) is 0 Å². The first-order chi connectivity index (χ1) is 5.66. The van der Waals surface area contributed by atoms with Gasteiger partial charge in [0, 0.05) is 0 Å². The van der Waals surface area contributed by atoms with Crippen molar-refractivity contribution in [2.75, 3.05) is 0 Å². The van der Waals surface area contributed by atoms with Crippen LogP contribution in [0.25, 0.3) is 10.2 Å². The monoisotopic (exact) mass is 202 g/mol. The molecular weight excluding hydrogens is 200 g/mol. The second kappa shape index (κ2) is 2.46. The van der Waals surface area contributed by atoms with Gasteiger partial charge in [0.1, 0.15) is 4.83 Å². The highest BCUT2D eigenvalue weighted by Crippen LogP contribution is 2.23. The summed E-state index contributed by atoms with van der Waals surface area (Å²) in [6, 6.07) is 1.52. The highest BCUT2D eigenvalue weighted by molar-refractivity contribution is 7.22. The van der Waals surface area contributed by atoms with Crippen molar-refractivity contribution in [2.24, 2.45) is 0 Å². The second-order valence-corrected chi connectivity index (χ2v) is 3.89. The van der Waals surface area contributed by atoms with Gasteiger partial charge in [0.25, 0.3) is 5.56 Å². The fraction of sp³-hybridized carbons (Fsp3) is 0. The molecule has 2 heterocycles. The van der Waals surface area contributed by atoms with Crippen LogP contribution in [0.4, 0.5) is 0 Å². The van der Waals surface area contributed by atoms with Gasteiger partial charge in [-0.15, -0.1) is 11.3 Å². The van der Waals surface area contributed by atoms with E-state index in [0.717, 1.165) is 0 Å². The van der Waals surface area contributed by atoms with Crippen molar-refractivity contribution in [3.05, 3.63) is 31.2 Å². The van der Waals surface area contributed by atoms with Gasteiger partial charge in [-0.3, -0.25) is 14.8 Å². The number of H-pyrrole nitrogens is 2. The zero-order valence-corrected chi connectivity index (χ0v) is 7.25. The number of halogens is 1. The molecule has 2 aromatic rings. The summed E-state index contributed by atoms with van der Waals surface area (Å²) in [5.41, 5.74) is -0.914. The molecule has 0 amide bonds. The van der Waals surface area contributed by atoms with Crippen LogP contribution in [0, 0.1) is 0 Å². The molecule has 0 fully saturated rings. The van der Waals surface area contributed by atoms with Crippen molar-refractivity contribution in [1.29, 1.82) is 0 Å². The molecular formula is C6H3ClN2O2S. The minimum atomic E-state index is -0.508. The first kappa shape index (κ1) is 7.57. The summed E-state index contributed by atoms with van der Waals surface area (Å²) in [7, 11) is 0. The maximum absolute atomic E-state index is 11.1. The molecule has 0 aliphatic rings. The molecule has 2 N–H and O–H groups in total. The lowest BCUT2D eigenvalue weighted by Crippen LogP contribution is -2.20. The molecule has 12 heavy (non-hydrogen) atoms. The standard InChI is InChI=1S/C6H3ClN2O2S/c7-3-1-2-4(10)8-6(11)9-5(2)12-3/h1H,(H2,8,9,10,11). The summed E-state index contributed by atoms with van der Waals surface area (Å²) in [5.74, 6) is 0. The van der Waals surface area contributed by atoms with E-state index in [1.807, 2.05) is 0 Å². The summed E-state index contributed by atoms with van der Waals surface area (Å²) in [5, 5.41) is 0.421. The van der Waals surface area contributed by atoms with Crippen LogP contribution < -0.4 is 11.2 Å². The van der Waals surface area contributed by atoms with Crippen LogP contribution in [0.2, 0.25) is 4.34 Å². The predicted molar refractivity (Wildman–Crippen MR) is 48.1 cm³/mol. The minimum absolute atomic E-state index is 0.406. The van der Waals surface area contributed by atoms with Crippen molar-refractivity contribution < 1.29 is 0 Å². The summed E-state index contributed by atoms with van der Waals surface area (Å²) < 4.78 is 0.484. The number of hydrogen-bond donors (Lipinski definition) is 2. The van der Waals surface area contributed by atoms with E-state index >= 15 is 0 Å². The van der Waals surface area contributed by atoms with Gasteiger partial charge in [-0.2, -0.15) is 0 Å². The van der Waals surface area contributed by atoms with Crippen molar-refractivity contribution in [3.8, 4) is 0 Å². The highest BCUT2D eigenvalue weighted by atomic mass is 35.5. The van der Waals surface area contributed by atoms with Gasteiger partial charge in [-0.05, 0) is 6.07 Å². The Hall–Kier alpha value is -1.07. The van der Waals surface area contributed by atoms with Gasteiger partial charge in [0.05, 0.1) is 9.72 Å². The lowest BCUT2D eigenvalue weighted by molar-refractivity contribution is 1.09. The SMILES string of the molecule is O=c1[nH]c(=O)c2cc(Cl)sc2[nH]1. The largest absolute Gasteiger partial charge is 0.326 e. The lowest BCUT2D eigenvalue weighted by Gasteiger charge is -1.84. The van der Waals surface area contributed by atoms with Crippen LogP contribution in [0.15, 0.2) is 15.7 Å². The minimum Gasteiger partial charge on any atom is -0.298 e. The molecule has 2 aromatic heterocycles. The topological polar surface area (TPSA) is 65.7 Å². The molecule has 0 aliphatic carbocycles. The van der Waals surface area contributed by atoms with Crippen LogP contribution in [0.3, 0.4) is 0 Å². The van der Waals surface area contributed by atoms with E-state index in [4.69, 9.17) is 11.6 Å². The van der Waals surface area contributed by atoms with Crippen molar-refractivity contribution in [1.82, 2.24) is 9.97 Å². The summed E-state index contributed by atoms with van der Waals surface area (Å²) in [6.45, 7) is 0. The molecule has 6 heteroatoms. The van der Waals surface area contributed by atoms with E-state index in [-0.39, 0.29) is 0 Å². The van der Waals surface area contributed by atoms with Crippen molar-refractivity contribution in [3.63, 3.8) is 0 Å². The van der Waals surface area contributed by atoms with Crippen LogP contribution in [0.5, 0.6) is 0 Å². The first-order valence-corrected chi connectivity index (χ1v) is 4.28. The van der Waals surface area contributed by atoms with E-state index in [2.05, 4.69) is 9.97 Å². The average molecular weight is 203 g/mol. The van der Waals surface area contributed by atoms with E-state index in [0.29, 0.717) is 14.6 Å². The Labute approximate surface area is 74.8 Å². The quantitative estimate of drug-likeness (QED) is 0.668. The van der Waals surface area contributed by atoms with Crippen molar-refractivity contribution >= 4 is 33.2 Å². The van der Waals surface area contributed by atoms with Crippen LogP contribution in [-0.2, 0) is 0 Å². The van der Waals surface area contributed by atoms with Gasteiger partial charge < -0.3 is 0 Å². The second-order valence-electron chi connectivity index (χ2n) is 2.20. The number of fused-ring (bicyclic) bond motifs is 1. The highest BCUT2D eigenvalue weighted by Gasteiger charge is 2.03. The molecule has 0 spiro atoms. The average Bonchev–Trinajstić information content (AvgIpc) is 2.29. The smallest absolute Gasteiger partial charge is 0.298 e. The summed E-state index contributed by atoms with van der Waals surface area (Å²) in [6.07, 6.45) is 0. The molecule has 0 saturated heterocycles. The van der Waals surface area contributed by atoms with Gasteiger partial charge >= 0.3 is 5.69 Å². The Bertz CT molecular complexity index is 538. The van der Waals surface area contributed by atoms with E-state index in [9.17, 15) is 9.59 Å². The number of aromatic amines is 2. The van der Waals surface area contributed by atoms with Gasteiger partial charge in [0.15, 0.2) is 0 Å². The predicted octanol–water partition coefficient (Wildman–Crippen LogP) is 0.931. The normalized spacial score (nSPS) is 10.8. The zero-order valence-electron chi connectivity index (χ0n) is 5.68. The number of nitrogens with one attached hydrogen (secondary N) is 2. The van der Waals surface area contributed by atoms with Crippen molar-refractivity contribution in [2.45, 2.75) is 0 Å². The van der Waals surface area contributed by atoms with Crippen LogP contribution >= 0.6 is 22.9 Å². The zero-order chi connectivity index (χ0) is 8.72. The Balaban J connectivity index is 3.08. The molecule has 2 rings (SSSR count). The van der Waals surface area contributed by atoms with Gasteiger partial charge in [-0.25, -0.2) is 4.79 Å². The molecule has 0 unspecified atom stereocenters. The van der Waals surface area contributed by atoms with E-state index in [1.165, 1.54) is 17.4 Å². The third kappa shape index (κ3) is 1.07. The third-order valence-electron chi connectivity index (χ3n) is 1.40. The molecule has 0 atom stereocenters. The fourth-order valence-electron chi connectivity index (χ4n) is 0.927. The molecule has 62 valence electrons. The number of hydrogen-bond acceptors (Lipinski definition) is 3. The van der Waals surface area contributed by atoms with Crippen LogP contribution in [-0.4, -0.2) is 9.97 Å². The molecule has 0 saturated carbocycles. The van der Waals surface area contributed by atoms with Crippen LogP contribution in [0.1, 0.15) is 0 Å². The fourth-order valence-corrected chi connectivity index (χ4v) is 2.04. The molecule has 0 aliphatic heterocycles. The van der Waals surface area contributed by atoms with Gasteiger partial charge in [-0.1, -0.05) is 11.6 Å². The Morgan fingerprint density at radius 3 is 2.83 bits per heavy atom. The van der Waals surface area contributed by atoms with E-state index < -0.39 is 11.2 Å². The maximum atomic E-state index is 11.1. The number of rotatable bonds is 0. The number of thiophene rings is 1. The third-order valence-corrected chi connectivity index (χ3v) is 2.58. The Morgan fingerprint density at radius 2 is 2.08 bits per heavy atom. The molecule has 0 aromatic carbocycles. The van der Waals surface area contributed by atoms with Gasteiger partial charge in [0.2, 0.25) is 0 Å². The molecule has 4 nitrogen and oxygen atoms in total. The summed E-state index contributed by atoms with van der Waals surface area (Å²) in [4.78, 5) is 26.9. The Kier molecular flexibility index (Phi) is 1.55. The number of aromatic nitrogens is 2. The maximum Gasteiger partial charge on any atom is 0.326 e. The summed E-state index contributed by atoms with van der Waals surface area (Å²) >= 11 is 6.82. The first-order valence-electron chi connectivity index (χ1n) is 3.08.